The molecule has 5 nitrogen and oxygen atoms in total. The third kappa shape index (κ3) is 3.60. The van der Waals surface area contributed by atoms with Gasteiger partial charge >= 0.3 is 12.0 Å². The van der Waals surface area contributed by atoms with Crippen molar-refractivity contribution in [2.24, 2.45) is 5.73 Å². The molecule has 6 heteroatoms. The van der Waals surface area contributed by atoms with Gasteiger partial charge < -0.3 is 16.2 Å². The van der Waals surface area contributed by atoms with E-state index in [-0.39, 0.29) is 0 Å². The standard InChI is InChI=1S/C3H5ClN2O3/c4-1(2(7)8)6-3(5)9/h1H,(H,7,8)(H3,5,6,9). The van der Waals surface area contributed by atoms with Crippen molar-refractivity contribution >= 4 is 23.6 Å². The highest BCUT2D eigenvalue weighted by atomic mass is 35.5. The first kappa shape index (κ1) is 8.03. The van der Waals surface area contributed by atoms with Crippen LogP contribution in [0.1, 0.15) is 0 Å². The van der Waals surface area contributed by atoms with E-state index in [9.17, 15) is 9.59 Å². The van der Waals surface area contributed by atoms with Crippen molar-refractivity contribution in [3.63, 3.8) is 0 Å². The average molecular weight is 153 g/mol. The first-order valence-corrected chi connectivity index (χ1v) is 2.40. The molecule has 1 atom stereocenters. The summed E-state index contributed by atoms with van der Waals surface area (Å²) in [4.78, 5) is 19.7. The number of carbonyl (C=O) groups excluding carboxylic acids is 1. The van der Waals surface area contributed by atoms with E-state index in [0.717, 1.165) is 0 Å². The normalized spacial score (nSPS) is 12.1. The van der Waals surface area contributed by atoms with Crippen LogP contribution in [-0.2, 0) is 4.79 Å². The number of carbonyl (C=O) groups is 2. The lowest BCUT2D eigenvalue weighted by Crippen LogP contribution is -2.39. The largest absolute Gasteiger partial charge is 0.479 e. The number of carboxylic acid groups (broad SMARTS) is 1. The molecular formula is C3H5ClN2O3. The van der Waals surface area contributed by atoms with Crippen LogP contribution in [0.5, 0.6) is 0 Å². The summed E-state index contributed by atoms with van der Waals surface area (Å²) in [5.74, 6) is -1.34. The van der Waals surface area contributed by atoms with Crippen LogP contribution >= 0.6 is 11.6 Å². The smallest absolute Gasteiger partial charge is 0.342 e. The van der Waals surface area contributed by atoms with Crippen LogP contribution in [0.4, 0.5) is 4.79 Å². The fraction of sp³-hybridized carbons (Fsp3) is 0.333. The molecule has 0 radical (unpaired) electrons. The van der Waals surface area contributed by atoms with Gasteiger partial charge in [-0.2, -0.15) is 0 Å². The minimum atomic E-state index is -1.44. The lowest BCUT2D eigenvalue weighted by molar-refractivity contribution is -0.137. The molecule has 52 valence electrons. The number of hydrogen-bond donors (Lipinski definition) is 3. The minimum absolute atomic E-state index is 0.961. The number of alkyl halides is 1. The van der Waals surface area contributed by atoms with Gasteiger partial charge in [0.1, 0.15) is 0 Å². The van der Waals surface area contributed by atoms with Gasteiger partial charge in [0.2, 0.25) is 5.50 Å². The lowest BCUT2D eigenvalue weighted by atomic mass is 10.6. The molecule has 9 heavy (non-hydrogen) atoms. The zero-order valence-electron chi connectivity index (χ0n) is 4.30. The number of nitrogens with two attached hydrogens (primary N) is 1. The number of amides is 2. The maximum atomic E-state index is 9.88. The zero-order chi connectivity index (χ0) is 7.44. The van der Waals surface area contributed by atoms with Crippen molar-refractivity contribution in [2.75, 3.05) is 0 Å². The van der Waals surface area contributed by atoms with Gasteiger partial charge in [0.25, 0.3) is 0 Å². The molecule has 0 fully saturated rings. The van der Waals surface area contributed by atoms with E-state index in [1.54, 1.807) is 5.32 Å². The van der Waals surface area contributed by atoms with E-state index in [1.807, 2.05) is 0 Å². The van der Waals surface area contributed by atoms with Gasteiger partial charge in [-0.1, -0.05) is 11.6 Å². The summed E-state index contributed by atoms with van der Waals surface area (Å²) in [6.45, 7) is 0. The average Bonchev–Trinajstić information content (AvgIpc) is 1.63. The summed E-state index contributed by atoms with van der Waals surface area (Å²) in [5, 5.41) is 9.78. The monoisotopic (exact) mass is 152 g/mol. The minimum Gasteiger partial charge on any atom is -0.479 e. The predicted molar refractivity (Wildman–Crippen MR) is 30.0 cm³/mol. The third-order valence-electron chi connectivity index (χ3n) is 0.486. The third-order valence-corrected chi connectivity index (χ3v) is 0.782. The second kappa shape index (κ2) is 3.13. The topological polar surface area (TPSA) is 92.4 Å². The molecule has 0 saturated carbocycles. The highest BCUT2D eigenvalue weighted by Gasteiger charge is 2.13. The van der Waals surface area contributed by atoms with Crippen LogP contribution in [0, 0.1) is 0 Å². The van der Waals surface area contributed by atoms with E-state index in [0.29, 0.717) is 0 Å². The molecule has 0 saturated heterocycles. The number of aliphatic carboxylic acids is 1. The van der Waals surface area contributed by atoms with Crippen molar-refractivity contribution in [3.05, 3.63) is 0 Å². The molecule has 0 heterocycles. The zero-order valence-corrected chi connectivity index (χ0v) is 5.05. The van der Waals surface area contributed by atoms with Crippen molar-refractivity contribution in [3.8, 4) is 0 Å². The molecular weight excluding hydrogens is 147 g/mol. The summed E-state index contributed by atoms with van der Waals surface area (Å²) in [6, 6.07) is -0.961. The van der Waals surface area contributed by atoms with Crippen LogP contribution in [0.25, 0.3) is 0 Å². The van der Waals surface area contributed by atoms with Gasteiger partial charge in [0.05, 0.1) is 0 Å². The lowest BCUT2D eigenvalue weighted by Gasteiger charge is -2.01. The summed E-state index contributed by atoms with van der Waals surface area (Å²) in [6.07, 6.45) is 0. The Morgan fingerprint density at radius 3 is 2.22 bits per heavy atom. The Bertz CT molecular complexity index is 137. The van der Waals surface area contributed by atoms with Gasteiger partial charge in [0.15, 0.2) is 0 Å². The number of rotatable bonds is 2. The van der Waals surface area contributed by atoms with Crippen LogP contribution in [0.3, 0.4) is 0 Å². The van der Waals surface area contributed by atoms with Gasteiger partial charge in [-0.25, -0.2) is 9.59 Å². The van der Waals surface area contributed by atoms with Crippen LogP contribution in [-0.4, -0.2) is 22.6 Å². The first-order valence-electron chi connectivity index (χ1n) is 1.97. The van der Waals surface area contributed by atoms with E-state index >= 15 is 0 Å². The Kier molecular flexibility index (Phi) is 2.80. The number of hydrogen-bond acceptors (Lipinski definition) is 2. The van der Waals surface area contributed by atoms with Gasteiger partial charge in [-0.3, -0.25) is 0 Å². The Balaban J connectivity index is 3.63. The maximum Gasteiger partial charge on any atom is 0.342 e. The summed E-state index contributed by atoms with van der Waals surface area (Å²) >= 11 is 5.00. The quantitative estimate of drug-likeness (QED) is 0.361. The number of urea groups is 1. The van der Waals surface area contributed by atoms with Crippen LogP contribution < -0.4 is 11.1 Å². The van der Waals surface area contributed by atoms with Crippen molar-refractivity contribution in [1.29, 1.82) is 0 Å². The SMILES string of the molecule is NC(=O)NC(Cl)C(=O)O. The van der Waals surface area contributed by atoms with Crippen LogP contribution in [0.15, 0.2) is 0 Å². The number of nitrogens with one attached hydrogen (secondary N) is 1. The predicted octanol–water partition coefficient (Wildman–Crippen LogP) is -0.696. The van der Waals surface area contributed by atoms with Crippen molar-refractivity contribution in [1.82, 2.24) is 5.32 Å². The Hall–Kier alpha value is -0.970. The number of halogens is 1. The molecule has 1 unspecified atom stereocenters. The molecule has 0 rings (SSSR count). The summed E-state index contributed by atoms with van der Waals surface area (Å²) < 4.78 is 0. The molecule has 0 aromatic heterocycles. The molecule has 4 N–H and O–H groups in total. The Morgan fingerprint density at radius 2 is 2.11 bits per heavy atom. The summed E-state index contributed by atoms with van der Waals surface area (Å²) in [7, 11) is 0. The second-order valence-corrected chi connectivity index (χ2v) is 1.65. The molecule has 0 bridgehead atoms. The molecule has 2 amide bonds. The molecule has 0 aliphatic rings. The van der Waals surface area contributed by atoms with E-state index in [2.05, 4.69) is 5.73 Å². The first-order chi connectivity index (χ1) is 4.04. The molecule has 0 aromatic rings. The fourth-order valence-electron chi connectivity index (χ4n) is 0.187. The Morgan fingerprint density at radius 1 is 1.67 bits per heavy atom. The highest BCUT2D eigenvalue weighted by Crippen LogP contribution is 1.87. The van der Waals surface area contributed by atoms with Crippen molar-refractivity contribution < 1.29 is 14.7 Å². The van der Waals surface area contributed by atoms with Gasteiger partial charge in [-0.05, 0) is 0 Å². The maximum absolute atomic E-state index is 9.88. The molecule has 0 aromatic carbocycles. The van der Waals surface area contributed by atoms with Gasteiger partial charge in [-0.15, -0.1) is 0 Å². The molecule has 0 spiro atoms. The number of primary amides is 1. The fourth-order valence-corrected chi connectivity index (χ4v) is 0.294. The van der Waals surface area contributed by atoms with E-state index in [4.69, 9.17) is 16.7 Å². The van der Waals surface area contributed by atoms with Gasteiger partial charge in [0, 0.05) is 0 Å². The molecule has 0 aliphatic carbocycles. The van der Waals surface area contributed by atoms with E-state index < -0.39 is 17.5 Å². The van der Waals surface area contributed by atoms with Crippen LogP contribution in [0.2, 0.25) is 0 Å². The van der Waals surface area contributed by atoms with E-state index in [1.165, 1.54) is 0 Å². The van der Waals surface area contributed by atoms with Crippen molar-refractivity contribution in [2.45, 2.75) is 5.50 Å². The highest BCUT2D eigenvalue weighted by molar-refractivity contribution is 6.30. The molecule has 0 aliphatic heterocycles. The Labute approximate surface area is 55.8 Å². The second-order valence-electron chi connectivity index (χ2n) is 1.21. The summed E-state index contributed by atoms with van der Waals surface area (Å²) in [5.41, 5.74) is 3.09. The number of carboxylic acids is 1.